The van der Waals surface area contributed by atoms with Crippen LogP contribution in [0.2, 0.25) is 0 Å². The average molecular weight is 536 g/mol. The van der Waals surface area contributed by atoms with E-state index in [4.69, 9.17) is 17.0 Å². The normalized spacial score (nSPS) is 10.0. The lowest BCUT2D eigenvalue weighted by Crippen LogP contribution is -2.34. The van der Waals surface area contributed by atoms with Crippen molar-refractivity contribution in [2.24, 2.45) is 0 Å². The minimum Gasteiger partial charge on any atom is -0.490 e. The number of carbonyl (C=O) groups is 1. The van der Waals surface area contributed by atoms with E-state index < -0.39 is 10.8 Å². The number of benzene rings is 2. The molecule has 0 aliphatic heterocycles. The molecule has 2 aromatic rings. The SMILES string of the molecule is COc1ccc(C(=O)NC(=S)Nc2ccc(Br)cc2I)cc1[N+](=O)[O-]. The number of nitro groups is 1. The summed E-state index contributed by atoms with van der Waals surface area (Å²) >= 11 is 10.6. The van der Waals surface area contributed by atoms with Gasteiger partial charge >= 0.3 is 5.69 Å². The van der Waals surface area contributed by atoms with Gasteiger partial charge in [-0.05, 0) is 65.1 Å². The first-order valence-electron chi connectivity index (χ1n) is 6.71. The largest absolute Gasteiger partial charge is 0.490 e. The van der Waals surface area contributed by atoms with Crippen molar-refractivity contribution in [1.82, 2.24) is 5.32 Å². The monoisotopic (exact) mass is 535 g/mol. The summed E-state index contributed by atoms with van der Waals surface area (Å²) in [4.78, 5) is 22.7. The number of thiocarbonyl (C=S) groups is 1. The molecule has 0 heterocycles. The summed E-state index contributed by atoms with van der Waals surface area (Å²) < 4.78 is 6.73. The van der Waals surface area contributed by atoms with Crippen molar-refractivity contribution < 1.29 is 14.5 Å². The van der Waals surface area contributed by atoms with Crippen molar-refractivity contribution in [3.8, 4) is 5.75 Å². The van der Waals surface area contributed by atoms with Crippen LogP contribution in [0.4, 0.5) is 11.4 Å². The lowest BCUT2D eigenvalue weighted by atomic mass is 10.2. The number of amides is 1. The molecule has 0 radical (unpaired) electrons. The second-order valence-corrected chi connectivity index (χ2v) is 7.16. The molecule has 0 aliphatic rings. The Kier molecular flexibility index (Phi) is 6.67. The van der Waals surface area contributed by atoms with Crippen molar-refractivity contribution >= 4 is 73.1 Å². The lowest BCUT2D eigenvalue weighted by Gasteiger charge is -2.11. The molecule has 2 rings (SSSR count). The van der Waals surface area contributed by atoms with Crippen LogP contribution in [0.25, 0.3) is 0 Å². The molecule has 2 N–H and O–H groups in total. The van der Waals surface area contributed by atoms with Crippen LogP contribution in [0.1, 0.15) is 10.4 Å². The zero-order valence-corrected chi connectivity index (χ0v) is 17.3. The predicted molar refractivity (Wildman–Crippen MR) is 110 cm³/mol. The highest BCUT2D eigenvalue weighted by Crippen LogP contribution is 2.27. The van der Waals surface area contributed by atoms with Crippen molar-refractivity contribution in [3.63, 3.8) is 0 Å². The maximum Gasteiger partial charge on any atom is 0.311 e. The highest BCUT2D eigenvalue weighted by molar-refractivity contribution is 14.1. The van der Waals surface area contributed by atoms with Crippen LogP contribution in [-0.2, 0) is 0 Å². The number of hydrogen-bond donors (Lipinski definition) is 2. The minimum atomic E-state index is -0.615. The summed E-state index contributed by atoms with van der Waals surface area (Å²) in [5.74, 6) is -0.484. The third kappa shape index (κ3) is 5.09. The summed E-state index contributed by atoms with van der Waals surface area (Å²) in [6.07, 6.45) is 0. The summed E-state index contributed by atoms with van der Waals surface area (Å²) in [5, 5.41) is 16.5. The quantitative estimate of drug-likeness (QED) is 0.265. The van der Waals surface area contributed by atoms with Gasteiger partial charge in [0.05, 0.1) is 17.7 Å². The Bertz CT molecular complexity index is 863. The fraction of sp³-hybridized carbons (Fsp3) is 0.0667. The van der Waals surface area contributed by atoms with Crippen LogP contribution in [0.3, 0.4) is 0 Å². The molecule has 0 atom stereocenters. The van der Waals surface area contributed by atoms with Crippen LogP contribution in [0, 0.1) is 13.7 Å². The van der Waals surface area contributed by atoms with Crippen molar-refractivity contribution in [2.75, 3.05) is 12.4 Å². The Hall–Kier alpha value is -1.79. The third-order valence-electron chi connectivity index (χ3n) is 3.04. The zero-order valence-electron chi connectivity index (χ0n) is 12.7. The van der Waals surface area contributed by atoms with Gasteiger partial charge in [-0.1, -0.05) is 15.9 Å². The summed E-state index contributed by atoms with van der Waals surface area (Å²) in [7, 11) is 1.32. The second kappa shape index (κ2) is 8.54. The lowest BCUT2D eigenvalue weighted by molar-refractivity contribution is -0.385. The fourth-order valence-electron chi connectivity index (χ4n) is 1.89. The van der Waals surface area contributed by atoms with Gasteiger partial charge in [-0.2, -0.15) is 0 Å². The Morgan fingerprint density at radius 3 is 2.64 bits per heavy atom. The number of nitro benzene ring substituents is 1. The number of nitrogens with one attached hydrogen (secondary N) is 2. The topological polar surface area (TPSA) is 93.5 Å². The van der Waals surface area contributed by atoms with Gasteiger partial charge in [0.1, 0.15) is 0 Å². The first kappa shape index (κ1) is 19.5. The molecule has 0 aromatic heterocycles. The predicted octanol–water partition coefficient (Wildman–Crippen LogP) is 4.10. The second-order valence-electron chi connectivity index (χ2n) is 4.68. The van der Waals surface area contributed by atoms with E-state index in [0.29, 0.717) is 0 Å². The number of halogens is 2. The Balaban J connectivity index is 2.12. The van der Waals surface area contributed by atoms with E-state index in [1.165, 1.54) is 19.2 Å². The van der Waals surface area contributed by atoms with Crippen LogP contribution < -0.4 is 15.4 Å². The Labute approximate surface area is 170 Å². The van der Waals surface area contributed by atoms with Gasteiger partial charge < -0.3 is 10.1 Å². The standard InChI is InChI=1S/C15H11BrIN3O4S/c1-24-13-5-2-8(6-12(13)20(22)23)14(21)19-15(25)18-11-4-3-9(16)7-10(11)17/h2-7H,1H3,(H2,18,19,21,25). The van der Waals surface area contributed by atoms with Crippen molar-refractivity contribution in [1.29, 1.82) is 0 Å². The number of carbonyl (C=O) groups excluding carboxylic acids is 1. The van der Waals surface area contributed by atoms with Gasteiger partial charge in [-0.25, -0.2) is 0 Å². The van der Waals surface area contributed by atoms with Crippen molar-refractivity contribution in [2.45, 2.75) is 0 Å². The minimum absolute atomic E-state index is 0.0756. The van der Waals surface area contributed by atoms with E-state index in [0.717, 1.165) is 19.8 Å². The Morgan fingerprint density at radius 1 is 1.32 bits per heavy atom. The molecular weight excluding hydrogens is 525 g/mol. The smallest absolute Gasteiger partial charge is 0.311 e. The molecule has 0 spiro atoms. The zero-order chi connectivity index (χ0) is 18.6. The molecule has 2 aromatic carbocycles. The summed E-state index contributed by atoms with van der Waals surface area (Å²) in [5.41, 5.74) is 0.536. The molecule has 0 aliphatic carbocycles. The average Bonchev–Trinajstić information content (AvgIpc) is 2.56. The van der Waals surface area contributed by atoms with E-state index in [2.05, 4.69) is 49.2 Å². The fourth-order valence-corrected chi connectivity index (χ4v) is 3.54. The van der Waals surface area contributed by atoms with E-state index in [-0.39, 0.29) is 22.1 Å². The number of ether oxygens (including phenoxy) is 1. The highest BCUT2D eigenvalue weighted by atomic mass is 127. The molecule has 0 saturated carbocycles. The van der Waals surface area contributed by atoms with Crippen LogP contribution >= 0.6 is 50.7 Å². The highest BCUT2D eigenvalue weighted by Gasteiger charge is 2.18. The van der Waals surface area contributed by atoms with Gasteiger partial charge in [-0.15, -0.1) is 0 Å². The van der Waals surface area contributed by atoms with E-state index in [1.54, 1.807) is 0 Å². The van der Waals surface area contributed by atoms with Crippen LogP contribution in [-0.4, -0.2) is 23.1 Å². The molecule has 0 unspecified atom stereocenters. The van der Waals surface area contributed by atoms with Crippen molar-refractivity contribution in [3.05, 3.63) is 60.1 Å². The maximum atomic E-state index is 12.2. The molecule has 7 nitrogen and oxygen atoms in total. The van der Waals surface area contributed by atoms with E-state index in [9.17, 15) is 14.9 Å². The molecule has 0 saturated heterocycles. The number of anilines is 1. The molecular formula is C15H11BrIN3O4S. The maximum absolute atomic E-state index is 12.2. The van der Waals surface area contributed by atoms with E-state index in [1.807, 2.05) is 18.2 Å². The molecule has 25 heavy (non-hydrogen) atoms. The van der Waals surface area contributed by atoms with Crippen LogP contribution in [0.15, 0.2) is 40.9 Å². The first-order valence-corrected chi connectivity index (χ1v) is 8.99. The molecule has 130 valence electrons. The molecule has 0 fully saturated rings. The number of hydrogen-bond acceptors (Lipinski definition) is 5. The number of rotatable bonds is 4. The Morgan fingerprint density at radius 2 is 2.04 bits per heavy atom. The molecule has 0 bridgehead atoms. The summed E-state index contributed by atoms with van der Waals surface area (Å²) in [6.45, 7) is 0. The van der Waals surface area contributed by atoms with Gasteiger partial charge in [0.15, 0.2) is 10.9 Å². The number of methoxy groups -OCH3 is 1. The van der Waals surface area contributed by atoms with Gasteiger partial charge in [0, 0.05) is 19.7 Å². The van der Waals surface area contributed by atoms with E-state index >= 15 is 0 Å². The summed E-state index contributed by atoms with van der Waals surface area (Å²) in [6, 6.07) is 9.46. The van der Waals surface area contributed by atoms with Gasteiger partial charge in [0.25, 0.3) is 5.91 Å². The molecule has 1 amide bonds. The van der Waals surface area contributed by atoms with Gasteiger partial charge in [0.2, 0.25) is 0 Å². The van der Waals surface area contributed by atoms with Gasteiger partial charge in [-0.3, -0.25) is 20.2 Å². The third-order valence-corrected chi connectivity index (χ3v) is 4.63. The number of nitrogens with zero attached hydrogens (tertiary/aromatic N) is 1. The molecule has 10 heteroatoms. The first-order chi connectivity index (χ1) is 11.8. The van der Waals surface area contributed by atoms with Crippen LogP contribution in [0.5, 0.6) is 5.75 Å².